The molecule has 1 rings (SSSR count). The molecule has 0 amide bonds. The summed E-state index contributed by atoms with van der Waals surface area (Å²) in [6.07, 6.45) is 1.61. The number of rotatable bonds is 1. The second kappa shape index (κ2) is 3.42. The fourth-order valence-corrected chi connectivity index (χ4v) is 1.45. The fraction of sp³-hybridized carbons (Fsp3) is 0.375. The van der Waals surface area contributed by atoms with Gasteiger partial charge in [0.25, 0.3) is 0 Å². The molecular formula is C8H9Cl2N. The Balaban J connectivity index is 3.09. The zero-order valence-electron chi connectivity index (χ0n) is 6.44. The number of halogens is 2. The highest BCUT2D eigenvalue weighted by Crippen LogP contribution is 2.23. The molecule has 0 aliphatic carbocycles. The van der Waals surface area contributed by atoms with Gasteiger partial charge in [0.15, 0.2) is 0 Å². The van der Waals surface area contributed by atoms with Gasteiger partial charge in [-0.25, -0.2) is 0 Å². The van der Waals surface area contributed by atoms with E-state index in [1.165, 1.54) is 0 Å². The van der Waals surface area contributed by atoms with Crippen LogP contribution in [0.3, 0.4) is 0 Å². The van der Waals surface area contributed by atoms with Gasteiger partial charge in [0.05, 0.1) is 15.7 Å². The summed E-state index contributed by atoms with van der Waals surface area (Å²) < 4.78 is 0. The Labute approximate surface area is 76.4 Å². The molecule has 0 aromatic carbocycles. The molecule has 0 saturated heterocycles. The second-order valence-electron chi connectivity index (χ2n) is 2.68. The average Bonchev–Trinajstić information content (AvgIpc) is 1.85. The van der Waals surface area contributed by atoms with E-state index in [0.717, 1.165) is 5.69 Å². The van der Waals surface area contributed by atoms with E-state index < -0.39 is 0 Å². The molecule has 0 fully saturated rings. The SMILES string of the molecule is CC(C)c1ncc(Cl)cc1Cl. The minimum Gasteiger partial charge on any atom is -0.258 e. The van der Waals surface area contributed by atoms with Crippen molar-refractivity contribution in [3.8, 4) is 0 Å². The van der Waals surface area contributed by atoms with Gasteiger partial charge in [-0.3, -0.25) is 4.98 Å². The molecule has 0 aliphatic heterocycles. The quantitative estimate of drug-likeness (QED) is 0.660. The highest BCUT2D eigenvalue weighted by Gasteiger charge is 2.05. The van der Waals surface area contributed by atoms with Crippen molar-refractivity contribution >= 4 is 23.2 Å². The summed E-state index contributed by atoms with van der Waals surface area (Å²) in [6, 6.07) is 1.71. The monoisotopic (exact) mass is 189 g/mol. The van der Waals surface area contributed by atoms with E-state index in [-0.39, 0.29) is 0 Å². The lowest BCUT2D eigenvalue weighted by molar-refractivity contribution is 0.823. The van der Waals surface area contributed by atoms with E-state index >= 15 is 0 Å². The van der Waals surface area contributed by atoms with Crippen LogP contribution in [-0.4, -0.2) is 4.98 Å². The van der Waals surface area contributed by atoms with Crippen LogP contribution in [0.5, 0.6) is 0 Å². The predicted molar refractivity (Wildman–Crippen MR) is 48.3 cm³/mol. The van der Waals surface area contributed by atoms with Gasteiger partial charge >= 0.3 is 0 Å². The first-order chi connectivity index (χ1) is 5.11. The minimum absolute atomic E-state index is 0.347. The first-order valence-electron chi connectivity index (χ1n) is 3.42. The third-order valence-corrected chi connectivity index (χ3v) is 1.89. The molecule has 0 aliphatic rings. The van der Waals surface area contributed by atoms with Crippen molar-refractivity contribution in [1.82, 2.24) is 4.98 Å². The molecule has 1 aromatic rings. The van der Waals surface area contributed by atoms with Crippen molar-refractivity contribution < 1.29 is 0 Å². The molecule has 0 N–H and O–H groups in total. The van der Waals surface area contributed by atoms with E-state index in [9.17, 15) is 0 Å². The number of hydrogen-bond acceptors (Lipinski definition) is 1. The summed E-state index contributed by atoms with van der Waals surface area (Å²) in [5.41, 5.74) is 0.899. The summed E-state index contributed by atoms with van der Waals surface area (Å²) in [7, 11) is 0. The summed E-state index contributed by atoms with van der Waals surface area (Å²) in [6.45, 7) is 4.09. The van der Waals surface area contributed by atoms with Gasteiger partial charge in [-0.15, -0.1) is 0 Å². The molecule has 1 aromatic heterocycles. The summed E-state index contributed by atoms with van der Waals surface area (Å²) in [5, 5.41) is 1.23. The van der Waals surface area contributed by atoms with Crippen molar-refractivity contribution in [3.05, 3.63) is 28.0 Å². The lowest BCUT2D eigenvalue weighted by Gasteiger charge is -2.05. The second-order valence-corrected chi connectivity index (χ2v) is 3.52. The maximum atomic E-state index is 5.88. The van der Waals surface area contributed by atoms with E-state index in [0.29, 0.717) is 16.0 Å². The Morgan fingerprint density at radius 2 is 2.00 bits per heavy atom. The van der Waals surface area contributed by atoms with Gasteiger partial charge in [0, 0.05) is 6.20 Å². The van der Waals surface area contributed by atoms with Gasteiger partial charge in [-0.2, -0.15) is 0 Å². The Kier molecular flexibility index (Phi) is 2.74. The van der Waals surface area contributed by atoms with Crippen LogP contribution in [0.2, 0.25) is 10.0 Å². The number of hydrogen-bond donors (Lipinski definition) is 0. The third kappa shape index (κ3) is 2.08. The van der Waals surface area contributed by atoms with Crippen molar-refractivity contribution in [2.45, 2.75) is 19.8 Å². The van der Waals surface area contributed by atoms with Crippen molar-refractivity contribution in [2.24, 2.45) is 0 Å². The lowest BCUT2D eigenvalue weighted by Crippen LogP contribution is -1.92. The molecule has 60 valence electrons. The Morgan fingerprint density at radius 1 is 1.36 bits per heavy atom. The zero-order valence-corrected chi connectivity index (χ0v) is 7.95. The topological polar surface area (TPSA) is 12.9 Å². The smallest absolute Gasteiger partial charge is 0.0638 e. The van der Waals surface area contributed by atoms with E-state index in [4.69, 9.17) is 23.2 Å². The standard InChI is InChI=1S/C8H9Cl2N/c1-5(2)8-7(10)3-6(9)4-11-8/h3-5H,1-2H3. The minimum atomic E-state index is 0.347. The Bertz CT molecular complexity index is 258. The van der Waals surface area contributed by atoms with E-state index in [1.807, 2.05) is 13.8 Å². The molecule has 0 atom stereocenters. The van der Waals surface area contributed by atoms with Gasteiger partial charge in [-0.05, 0) is 12.0 Å². The van der Waals surface area contributed by atoms with Crippen molar-refractivity contribution in [2.75, 3.05) is 0 Å². The Hall–Kier alpha value is -0.270. The molecule has 3 heteroatoms. The van der Waals surface area contributed by atoms with Crippen molar-refractivity contribution in [1.29, 1.82) is 0 Å². The third-order valence-electron chi connectivity index (χ3n) is 1.38. The van der Waals surface area contributed by atoms with Crippen LogP contribution >= 0.6 is 23.2 Å². The highest BCUT2D eigenvalue weighted by atomic mass is 35.5. The molecule has 0 unspecified atom stereocenters. The molecule has 0 spiro atoms. The van der Waals surface area contributed by atoms with Crippen LogP contribution in [0.4, 0.5) is 0 Å². The molecule has 1 heterocycles. The zero-order chi connectivity index (χ0) is 8.43. The molecule has 11 heavy (non-hydrogen) atoms. The predicted octanol–water partition coefficient (Wildman–Crippen LogP) is 3.51. The number of pyridine rings is 1. The lowest BCUT2D eigenvalue weighted by atomic mass is 10.1. The number of aromatic nitrogens is 1. The van der Waals surface area contributed by atoms with Gasteiger partial charge in [0.1, 0.15) is 0 Å². The Morgan fingerprint density at radius 3 is 2.45 bits per heavy atom. The van der Waals surface area contributed by atoms with Crippen LogP contribution in [-0.2, 0) is 0 Å². The summed E-state index contributed by atoms with van der Waals surface area (Å²) in [5.74, 6) is 0.347. The van der Waals surface area contributed by atoms with Gasteiger partial charge < -0.3 is 0 Å². The normalized spacial score (nSPS) is 10.6. The molecular weight excluding hydrogens is 181 g/mol. The van der Waals surface area contributed by atoms with Gasteiger partial charge in [0.2, 0.25) is 0 Å². The summed E-state index contributed by atoms with van der Waals surface area (Å²) >= 11 is 11.6. The average molecular weight is 190 g/mol. The van der Waals surface area contributed by atoms with Crippen LogP contribution in [0, 0.1) is 0 Å². The maximum Gasteiger partial charge on any atom is 0.0638 e. The van der Waals surface area contributed by atoms with Crippen LogP contribution < -0.4 is 0 Å². The molecule has 0 bridgehead atoms. The molecule has 1 nitrogen and oxygen atoms in total. The van der Waals surface area contributed by atoms with Crippen LogP contribution in [0.15, 0.2) is 12.3 Å². The first-order valence-corrected chi connectivity index (χ1v) is 4.18. The van der Waals surface area contributed by atoms with Gasteiger partial charge in [-0.1, -0.05) is 37.0 Å². The largest absolute Gasteiger partial charge is 0.258 e. The molecule has 0 radical (unpaired) electrons. The van der Waals surface area contributed by atoms with E-state index in [2.05, 4.69) is 4.98 Å². The van der Waals surface area contributed by atoms with Crippen LogP contribution in [0.25, 0.3) is 0 Å². The number of nitrogens with zero attached hydrogens (tertiary/aromatic N) is 1. The first kappa shape index (κ1) is 8.82. The highest BCUT2D eigenvalue weighted by molar-refractivity contribution is 6.34. The van der Waals surface area contributed by atoms with Crippen molar-refractivity contribution in [3.63, 3.8) is 0 Å². The fourth-order valence-electron chi connectivity index (χ4n) is 0.850. The van der Waals surface area contributed by atoms with E-state index in [1.54, 1.807) is 12.3 Å². The van der Waals surface area contributed by atoms with Crippen LogP contribution in [0.1, 0.15) is 25.5 Å². The maximum absolute atomic E-state index is 5.88. The molecule has 0 saturated carbocycles. The summed E-state index contributed by atoms with van der Waals surface area (Å²) in [4.78, 5) is 4.11.